The first kappa shape index (κ1) is 13.9. The van der Waals surface area contributed by atoms with E-state index in [1.54, 1.807) is 0 Å². The van der Waals surface area contributed by atoms with E-state index in [2.05, 4.69) is 63.7 Å². The summed E-state index contributed by atoms with van der Waals surface area (Å²) in [5, 5.41) is 1.03. The predicted octanol–water partition coefficient (Wildman–Crippen LogP) is 7.15. The molecule has 1 heterocycles. The van der Waals surface area contributed by atoms with E-state index in [1.165, 1.54) is 0 Å². The van der Waals surface area contributed by atoms with Gasteiger partial charge in [-0.1, -0.05) is 30.3 Å². The molecule has 0 amide bonds. The molecule has 0 aliphatic heterocycles. The van der Waals surface area contributed by atoms with Crippen molar-refractivity contribution in [3.63, 3.8) is 0 Å². The zero-order valence-corrected chi connectivity index (χ0v) is 15.7. The monoisotopic (exact) mass is 506 g/mol. The van der Waals surface area contributed by atoms with Gasteiger partial charge in [-0.05, 0) is 69.8 Å². The Balaban J connectivity index is 2.33. The van der Waals surface area contributed by atoms with Gasteiger partial charge in [0.15, 0.2) is 5.58 Å². The summed E-state index contributed by atoms with van der Waals surface area (Å²) in [6, 6.07) is 12.1. The van der Waals surface area contributed by atoms with Gasteiger partial charge >= 0.3 is 0 Å². The van der Waals surface area contributed by atoms with Crippen LogP contribution < -0.4 is 0 Å². The highest BCUT2D eigenvalue weighted by molar-refractivity contribution is 9.15. The molecule has 5 heteroatoms. The standard InChI is InChI=1S/C14H6Br4O/c15-10-8-6-9(7-4-2-1-3-5-7)19-14(8)13(18)12(17)11(10)16/h1-6H. The molecule has 0 saturated heterocycles. The first-order chi connectivity index (χ1) is 9.09. The lowest BCUT2D eigenvalue weighted by Gasteiger charge is -2.03. The molecule has 0 radical (unpaired) electrons. The van der Waals surface area contributed by atoms with Crippen LogP contribution in [0.25, 0.3) is 22.3 Å². The normalized spacial score (nSPS) is 11.2. The van der Waals surface area contributed by atoms with Crippen LogP contribution in [0.2, 0.25) is 0 Å². The molecule has 96 valence electrons. The molecule has 3 aromatic rings. The largest absolute Gasteiger partial charge is 0.455 e. The zero-order chi connectivity index (χ0) is 13.6. The van der Waals surface area contributed by atoms with Gasteiger partial charge in [0.2, 0.25) is 0 Å². The van der Waals surface area contributed by atoms with Gasteiger partial charge in [0, 0.05) is 19.9 Å². The maximum absolute atomic E-state index is 5.97. The molecule has 1 aromatic heterocycles. The van der Waals surface area contributed by atoms with Gasteiger partial charge in [-0.15, -0.1) is 0 Å². The van der Waals surface area contributed by atoms with Crippen LogP contribution in [0.3, 0.4) is 0 Å². The lowest BCUT2D eigenvalue weighted by Crippen LogP contribution is -1.77. The van der Waals surface area contributed by atoms with Crippen LogP contribution >= 0.6 is 63.7 Å². The summed E-state index contributed by atoms with van der Waals surface area (Å²) in [7, 11) is 0. The molecule has 3 rings (SSSR count). The van der Waals surface area contributed by atoms with Crippen molar-refractivity contribution in [2.24, 2.45) is 0 Å². The van der Waals surface area contributed by atoms with Gasteiger partial charge in [0.1, 0.15) is 5.76 Å². The van der Waals surface area contributed by atoms with Gasteiger partial charge in [0.05, 0.1) is 8.95 Å². The molecule has 0 saturated carbocycles. The second kappa shape index (κ2) is 5.35. The number of furan rings is 1. The van der Waals surface area contributed by atoms with E-state index in [4.69, 9.17) is 4.42 Å². The summed E-state index contributed by atoms with van der Waals surface area (Å²) < 4.78 is 9.75. The van der Waals surface area contributed by atoms with Crippen LogP contribution in [0.15, 0.2) is 58.7 Å². The zero-order valence-electron chi connectivity index (χ0n) is 9.38. The van der Waals surface area contributed by atoms with Crippen LogP contribution in [0.1, 0.15) is 0 Å². The Labute approximate surface area is 143 Å². The molecule has 0 fully saturated rings. The minimum Gasteiger partial charge on any atom is -0.455 e. The van der Waals surface area contributed by atoms with Gasteiger partial charge in [0.25, 0.3) is 0 Å². The average molecular weight is 510 g/mol. The Morgan fingerprint density at radius 2 is 1.37 bits per heavy atom. The van der Waals surface area contributed by atoms with Crippen LogP contribution in [-0.2, 0) is 0 Å². The third-order valence-corrected chi connectivity index (χ3v) is 7.57. The van der Waals surface area contributed by atoms with E-state index in [1.807, 2.05) is 36.4 Å². The van der Waals surface area contributed by atoms with Crippen molar-refractivity contribution in [3.05, 3.63) is 54.3 Å². The van der Waals surface area contributed by atoms with Crippen LogP contribution in [-0.4, -0.2) is 0 Å². The number of hydrogen-bond donors (Lipinski definition) is 0. The van der Waals surface area contributed by atoms with Gasteiger partial charge in [-0.2, -0.15) is 0 Å². The molecule has 0 bridgehead atoms. The van der Waals surface area contributed by atoms with E-state index in [0.717, 1.165) is 40.2 Å². The van der Waals surface area contributed by atoms with Crippen LogP contribution in [0.5, 0.6) is 0 Å². The number of fused-ring (bicyclic) bond motifs is 1. The van der Waals surface area contributed by atoms with Gasteiger partial charge < -0.3 is 4.42 Å². The molecule has 0 aliphatic carbocycles. The highest BCUT2D eigenvalue weighted by atomic mass is 79.9. The Morgan fingerprint density at radius 3 is 2.05 bits per heavy atom. The summed E-state index contributed by atoms with van der Waals surface area (Å²) in [5.74, 6) is 0.849. The summed E-state index contributed by atoms with van der Waals surface area (Å²) in [6.45, 7) is 0. The van der Waals surface area contributed by atoms with Gasteiger partial charge in [-0.3, -0.25) is 0 Å². The van der Waals surface area contributed by atoms with Crippen molar-refractivity contribution in [2.45, 2.75) is 0 Å². The first-order valence-corrected chi connectivity index (χ1v) is 8.57. The van der Waals surface area contributed by atoms with E-state index < -0.39 is 0 Å². The second-order valence-electron chi connectivity index (χ2n) is 3.98. The second-order valence-corrected chi connectivity index (χ2v) is 7.15. The average Bonchev–Trinajstić information content (AvgIpc) is 2.89. The summed E-state index contributed by atoms with van der Waals surface area (Å²) in [5.41, 5.74) is 1.88. The molecule has 0 unspecified atom stereocenters. The lowest BCUT2D eigenvalue weighted by atomic mass is 10.1. The first-order valence-electron chi connectivity index (χ1n) is 5.40. The Hall–Kier alpha value is -0.100. The lowest BCUT2D eigenvalue weighted by molar-refractivity contribution is 0.629. The minimum absolute atomic E-state index is 0.820. The van der Waals surface area contributed by atoms with Crippen LogP contribution in [0, 0.1) is 0 Å². The van der Waals surface area contributed by atoms with E-state index in [9.17, 15) is 0 Å². The fraction of sp³-hybridized carbons (Fsp3) is 0. The quantitative estimate of drug-likeness (QED) is 0.251. The maximum atomic E-state index is 5.97. The van der Waals surface area contributed by atoms with E-state index in [-0.39, 0.29) is 0 Å². The van der Waals surface area contributed by atoms with Crippen molar-refractivity contribution < 1.29 is 4.42 Å². The molecule has 0 atom stereocenters. The SMILES string of the molecule is Brc1c(Br)c(Br)c2oc(-c3ccccc3)cc2c1Br. The minimum atomic E-state index is 0.820. The molecule has 0 spiro atoms. The molecule has 0 N–H and O–H groups in total. The predicted molar refractivity (Wildman–Crippen MR) is 92.5 cm³/mol. The highest BCUT2D eigenvalue weighted by Crippen LogP contribution is 2.45. The van der Waals surface area contributed by atoms with E-state index >= 15 is 0 Å². The fourth-order valence-corrected chi connectivity index (χ4v) is 4.18. The van der Waals surface area contributed by atoms with Gasteiger partial charge in [-0.25, -0.2) is 0 Å². The van der Waals surface area contributed by atoms with Crippen molar-refractivity contribution in [1.29, 1.82) is 0 Å². The number of rotatable bonds is 1. The third-order valence-electron chi connectivity index (χ3n) is 2.80. The molecule has 1 nitrogen and oxygen atoms in total. The number of halogens is 4. The van der Waals surface area contributed by atoms with Crippen molar-refractivity contribution in [2.75, 3.05) is 0 Å². The molecule has 19 heavy (non-hydrogen) atoms. The summed E-state index contributed by atoms with van der Waals surface area (Å²) in [6.07, 6.45) is 0. The third kappa shape index (κ3) is 2.35. The smallest absolute Gasteiger partial charge is 0.151 e. The van der Waals surface area contributed by atoms with Crippen LogP contribution in [0.4, 0.5) is 0 Å². The van der Waals surface area contributed by atoms with Crippen molar-refractivity contribution in [1.82, 2.24) is 0 Å². The molecular weight excluding hydrogens is 504 g/mol. The molecule has 2 aromatic carbocycles. The van der Waals surface area contributed by atoms with Crippen molar-refractivity contribution >= 4 is 74.7 Å². The topological polar surface area (TPSA) is 13.1 Å². The highest BCUT2D eigenvalue weighted by Gasteiger charge is 2.18. The van der Waals surface area contributed by atoms with E-state index in [0.29, 0.717) is 0 Å². The fourth-order valence-electron chi connectivity index (χ4n) is 1.87. The van der Waals surface area contributed by atoms with Crippen molar-refractivity contribution in [3.8, 4) is 11.3 Å². The molecular formula is C14H6Br4O. The number of hydrogen-bond acceptors (Lipinski definition) is 1. The summed E-state index contributed by atoms with van der Waals surface area (Å²) >= 11 is 14.2. The maximum Gasteiger partial charge on any atom is 0.151 e. The summed E-state index contributed by atoms with van der Waals surface area (Å²) in [4.78, 5) is 0. The Morgan fingerprint density at radius 1 is 0.737 bits per heavy atom. The Bertz CT molecular complexity index is 717. The Kier molecular flexibility index (Phi) is 3.91. The molecule has 0 aliphatic rings. The number of benzene rings is 2.